The Balaban J connectivity index is 1.76. The molecule has 1 aromatic heterocycles. The topological polar surface area (TPSA) is 29.9 Å². The second-order valence-corrected chi connectivity index (χ2v) is 5.04. The van der Waals surface area contributed by atoms with E-state index < -0.39 is 0 Å². The SMILES string of the molecule is c1ccc2c(Nc3nccn3C3CC3)cccc2c1. The Morgan fingerprint density at radius 3 is 2.79 bits per heavy atom. The third-order valence-electron chi connectivity index (χ3n) is 3.65. The number of hydrogen-bond acceptors (Lipinski definition) is 2. The lowest BCUT2D eigenvalue weighted by molar-refractivity contribution is 0.751. The van der Waals surface area contributed by atoms with Crippen LogP contribution in [0.1, 0.15) is 18.9 Å². The molecule has 1 heterocycles. The quantitative estimate of drug-likeness (QED) is 0.756. The number of aromatic nitrogens is 2. The molecular formula is C16H15N3. The molecule has 3 nitrogen and oxygen atoms in total. The summed E-state index contributed by atoms with van der Waals surface area (Å²) in [4.78, 5) is 4.43. The zero-order valence-corrected chi connectivity index (χ0v) is 10.6. The number of benzene rings is 2. The number of nitrogens with one attached hydrogen (secondary N) is 1. The Bertz CT molecular complexity index is 720. The van der Waals surface area contributed by atoms with Crippen molar-refractivity contribution in [1.29, 1.82) is 0 Å². The number of anilines is 2. The van der Waals surface area contributed by atoms with Gasteiger partial charge in [-0.05, 0) is 24.3 Å². The van der Waals surface area contributed by atoms with E-state index >= 15 is 0 Å². The first kappa shape index (κ1) is 10.6. The van der Waals surface area contributed by atoms with Crippen LogP contribution in [-0.2, 0) is 0 Å². The van der Waals surface area contributed by atoms with Crippen LogP contribution in [0.25, 0.3) is 10.8 Å². The number of nitrogens with zero attached hydrogens (tertiary/aromatic N) is 2. The van der Waals surface area contributed by atoms with E-state index in [1.807, 2.05) is 6.20 Å². The molecule has 0 aliphatic heterocycles. The fourth-order valence-electron chi connectivity index (χ4n) is 2.51. The van der Waals surface area contributed by atoms with E-state index in [0.29, 0.717) is 6.04 Å². The van der Waals surface area contributed by atoms with Crippen LogP contribution in [0.5, 0.6) is 0 Å². The number of rotatable bonds is 3. The van der Waals surface area contributed by atoms with Crippen molar-refractivity contribution in [2.45, 2.75) is 18.9 Å². The van der Waals surface area contributed by atoms with Gasteiger partial charge in [0, 0.05) is 29.5 Å². The van der Waals surface area contributed by atoms with Gasteiger partial charge in [0.15, 0.2) is 0 Å². The highest BCUT2D eigenvalue weighted by atomic mass is 15.2. The molecule has 0 bridgehead atoms. The first-order valence-electron chi connectivity index (χ1n) is 6.69. The van der Waals surface area contributed by atoms with Crippen LogP contribution < -0.4 is 5.32 Å². The second kappa shape index (κ2) is 4.12. The smallest absolute Gasteiger partial charge is 0.207 e. The molecule has 1 saturated carbocycles. The largest absolute Gasteiger partial charge is 0.325 e. The minimum atomic E-state index is 0.639. The first-order valence-corrected chi connectivity index (χ1v) is 6.69. The van der Waals surface area contributed by atoms with Gasteiger partial charge in [0.2, 0.25) is 5.95 Å². The average Bonchev–Trinajstić information content (AvgIpc) is 3.20. The molecule has 19 heavy (non-hydrogen) atoms. The van der Waals surface area contributed by atoms with Crippen LogP contribution in [0.15, 0.2) is 54.9 Å². The monoisotopic (exact) mass is 249 g/mol. The molecule has 0 amide bonds. The van der Waals surface area contributed by atoms with Gasteiger partial charge in [0.25, 0.3) is 0 Å². The van der Waals surface area contributed by atoms with E-state index in [1.54, 1.807) is 0 Å². The summed E-state index contributed by atoms with van der Waals surface area (Å²) in [7, 11) is 0. The Kier molecular flexibility index (Phi) is 2.30. The van der Waals surface area contributed by atoms with Crippen LogP contribution in [0, 0.1) is 0 Å². The molecule has 0 unspecified atom stereocenters. The van der Waals surface area contributed by atoms with E-state index in [1.165, 1.54) is 23.6 Å². The minimum Gasteiger partial charge on any atom is -0.325 e. The molecule has 1 aliphatic rings. The van der Waals surface area contributed by atoms with Crippen LogP contribution in [0.2, 0.25) is 0 Å². The maximum Gasteiger partial charge on any atom is 0.207 e. The molecule has 0 spiro atoms. The van der Waals surface area contributed by atoms with Crippen molar-refractivity contribution in [1.82, 2.24) is 9.55 Å². The van der Waals surface area contributed by atoms with Crippen molar-refractivity contribution in [2.24, 2.45) is 0 Å². The van der Waals surface area contributed by atoms with Crippen molar-refractivity contribution in [3.63, 3.8) is 0 Å². The van der Waals surface area contributed by atoms with Gasteiger partial charge in [-0.3, -0.25) is 0 Å². The Labute approximate surface area is 111 Å². The Morgan fingerprint density at radius 1 is 1.05 bits per heavy atom. The first-order chi connectivity index (χ1) is 9.42. The lowest BCUT2D eigenvalue weighted by Gasteiger charge is -2.11. The standard InChI is InChI=1S/C16H15N3/c1-2-6-14-12(4-1)5-3-7-15(14)18-16-17-10-11-19(16)13-8-9-13/h1-7,10-11,13H,8-9H2,(H,17,18). The van der Waals surface area contributed by atoms with Gasteiger partial charge in [-0.15, -0.1) is 0 Å². The third kappa shape index (κ3) is 1.87. The fraction of sp³-hybridized carbons (Fsp3) is 0.188. The molecule has 0 saturated heterocycles. The molecule has 3 aromatic rings. The molecule has 2 aromatic carbocycles. The van der Waals surface area contributed by atoms with Gasteiger partial charge in [-0.25, -0.2) is 4.98 Å². The molecule has 4 rings (SSSR count). The number of imidazole rings is 1. The molecule has 0 radical (unpaired) electrons. The van der Waals surface area contributed by atoms with Gasteiger partial charge in [-0.1, -0.05) is 36.4 Å². The Hall–Kier alpha value is -2.29. The predicted molar refractivity (Wildman–Crippen MR) is 77.7 cm³/mol. The van der Waals surface area contributed by atoms with Gasteiger partial charge in [-0.2, -0.15) is 0 Å². The highest BCUT2D eigenvalue weighted by Crippen LogP contribution is 2.37. The van der Waals surface area contributed by atoms with E-state index in [9.17, 15) is 0 Å². The highest BCUT2D eigenvalue weighted by Gasteiger charge is 2.25. The number of hydrogen-bond donors (Lipinski definition) is 1. The summed E-state index contributed by atoms with van der Waals surface area (Å²) in [5.41, 5.74) is 1.12. The summed E-state index contributed by atoms with van der Waals surface area (Å²) in [5.74, 6) is 0.943. The van der Waals surface area contributed by atoms with Crippen LogP contribution in [0.4, 0.5) is 11.6 Å². The summed E-state index contributed by atoms with van der Waals surface area (Å²) in [6.07, 6.45) is 6.46. The summed E-state index contributed by atoms with van der Waals surface area (Å²) >= 11 is 0. The van der Waals surface area contributed by atoms with Crippen molar-refractivity contribution in [2.75, 3.05) is 5.32 Å². The molecular weight excluding hydrogens is 234 g/mol. The summed E-state index contributed by atoms with van der Waals surface area (Å²) in [6.45, 7) is 0. The van der Waals surface area contributed by atoms with E-state index in [-0.39, 0.29) is 0 Å². The average molecular weight is 249 g/mol. The fourth-order valence-corrected chi connectivity index (χ4v) is 2.51. The van der Waals surface area contributed by atoms with E-state index in [2.05, 4.69) is 63.5 Å². The maximum absolute atomic E-state index is 4.43. The zero-order chi connectivity index (χ0) is 12.7. The van der Waals surface area contributed by atoms with Crippen molar-refractivity contribution >= 4 is 22.4 Å². The lowest BCUT2D eigenvalue weighted by Crippen LogP contribution is -2.01. The molecule has 1 fully saturated rings. The van der Waals surface area contributed by atoms with Crippen molar-refractivity contribution < 1.29 is 0 Å². The van der Waals surface area contributed by atoms with Crippen molar-refractivity contribution in [3.8, 4) is 0 Å². The lowest BCUT2D eigenvalue weighted by atomic mass is 10.1. The summed E-state index contributed by atoms with van der Waals surface area (Å²) in [6, 6.07) is 15.4. The molecule has 1 aliphatic carbocycles. The van der Waals surface area contributed by atoms with Gasteiger partial charge in [0.05, 0.1) is 0 Å². The van der Waals surface area contributed by atoms with Crippen LogP contribution >= 0.6 is 0 Å². The molecule has 0 atom stereocenters. The van der Waals surface area contributed by atoms with Gasteiger partial charge >= 0.3 is 0 Å². The zero-order valence-electron chi connectivity index (χ0n) is 10.6. The van der Waals surface area contributed by atoms with Crippen LogP contribution in [-0.4, -0.2) is 9.55 Å². The minimum absolute atomic E-state index is 0.639. The van der Waals surface area contributed by atoms with E-state index in [0.717, 1.165) is 11.6 Å². The highest BCUT2D eigenvalue weighted by molar-refractivity contribution is 5.94. The van der Waals surface area contributed by atoms with Crippen LogP contribution in [0.3, 0.4) is 0 Å². The molecule has 3 heteroatoms. The summed E-state index contributed by atoms with van der Waals surface area (Å²) < 4.78 is 2.24. The maximum atomic E-state index is 4.43. The van der Waals surface area contributed by atoms with Crippen molar-refractivity contribution in [3.05, 3.63) is 54.9 Å². The predicted octanol–water partition coefficient (Wildman–Crippen LogP) is 4.11. The summed E-state index contributed by atoms with van der Waals surface area (Å²) in [5, 5.41) is 5.95. The molecule has 94 valence electrons. The third-order valence-corrected chi connectivity index (χ3v) is 3.65. The Morgan fingerprint density at radius 2 is 1.89 bits per heavy atom. The van der Waals surface area contributed by atoms with E-state index in [4.69, 9.17) is 0 Å². The molecule has 1 N–H and O–H groups in total. The second-order valence-electron chi connectivity index (χ2n) is 5.04. The number of fused-ring (bicyclic) bond motifs is 1. The van der Waals surface area contributed by atoms with Gasteiger partial charge < -0.3 is 9.88 Å². The van der Waals surface area contributed by atoms with Gasteiger partial charge in [0.1, 0.15) is 0 Å². The normalized spacial score (nSPS) is 14.7.